The second-order valence-corrected chi connectivity index (χ2v) is 6.92. The lowest BCUT2D eigenvalue weighted by molar-refractivity contribution is -0.145. The minimum absolute atomic E-state index is 0.109. The summed E-state index contributed by atoms with van der Waals surface area (Å²) >= 11 is 0. The first kappa shape index (κ1) is 21.7. The zero-order chi connectivity index (χ0) is 23.4. The van der Waals surface area contributed by atoms with Gasteiger partial charge in [0.2, 0.25) is 5.82 Å². The third-order valence-electron chi connectivity index (χ3n) is 4.74. The number of carbonyl (C=O) groups is 1. The highest BCUT2D eigenvalue weighted by molar-refractivity contribution is 5.91. The van der Waals surface area contributed by atoms with E-state index in [9.17, 15) is 35.5 Å². The Balaban J connectivity index is 1.59. The van der Waals surface area contributed by atoms with Crippen molar-refractivity contribution in [2.75, 3.05) is 0 Å². The Hall–Kier alpha value is -3.52. The lowest BCUT2D eigenvalue weighted by Crippen LogP contribution is -2.29. The average Bonchev–Trinajstić information content (AvgIpc) is 3.36. The fourth-order valence-corrected chi connectivity index (χ4v) is 3.28. The number of amides is 1. The number of fused-ring (bicyclic) bond motifs is 1. The predicted octanol–water partition coefficient (Wildman–Crippen LogP) is 3.13. The minimum atomic E-state index is -4.83. The predicted molar refractivity (Wildman–Crippen MR) is 91.2 cm³/mol. The van der Waals surface area contributed by atoms with Crippen molar-refractivity contribution in [3.8, 4) is 11.3 Å². The Labute approximate surface area is 174 Å². The summed E-state index contributed by atoms with van der Waals surface area (Å²) in [5.41, 5.74) is -1.49. The fraction of sp³-hybridized carbons (Fsp3) is 0.353. The summed E-state index contributed by atoms with van der Waals surface area (Å²) in [6, 6.07) is 1.09. The SMILES string of the molecule is Cn1nc(C(F)(F)F)nc1C(=O)NC1CCn2nc(-c3cc(C(F)(F)F)ncc3F)cc21. The van der Waals surface area contributed by atoms with Gasteiger partial charge in [0.15, 0.2) is 5.82 Å². The largest absolute Gasteiger partial charge is 0.453 e. The number of nitrogens with zero attached hydrogens (tertiary/aromatic N) is 6. The van der Waals surface area contributed by atoms with Crippen LogP contribution in [0.2, 0.25) is 0 Å². The van der Waals surface area contributed by atoms with Crippen molar-refractivity contribution in [3.05, 3.63) is 47.2 Å². The summed E-state index contributed by atoms with van der Waals surface area (Å²) in [6.45, 7) is 0.242. The van der Waals surface area contributed by atoms with Gasteiger partial charge in [0.05, 0.1) is 23.6 Å². The maximum Gasteiger partial charge on any atom is 0.453 e. The van der Waals surface area contributed by atoms with Crippen LogP contribution in [0.4, 0.5) is 30.7 Å². The fourth-order valence-electron chi connectivity index (χ4n) is 3.28. The number of hydrogen-bond acceptors (Lipinski definition) is 5. The molecule has 1 amide bonds. The molecule has 0 aromatic carbocycles. The van der Waals surface area contributed by atoms with Crippen LogP contribution in [0.3, 0.4) is 0 Å². The molecule has 1 unspecified atom stereocenters. The van der Waals surface area contributed by atoms with Crippen LogP contribution in [0.5, 0.6) is 0 Å². The van der Waals surface area contributed by atoms with E-state index in [-0.39, 0.29) is 12.2 Å². The summed E-state index contributed by atoms with van der Waals surface area (Å²) in [4.78, 5) is 18.7. The van der Waals surface area contributed by atoms with Gasteiger partial charge in [-0.2, -0.15) is 36.4 Å². The Kier molecular flexibility index (Phi) is 4.93. The molecule has 1 aliphatic heterocycles. The van der Waals surface area contributed by atoms with Gasteiger partial charge in [-0.3, -0.25) is 9.48 Å². The maximum atomic E-state index is 14.1. The van der Waals surface area contributed by atoms with E-state index >= 15 is 0 Å². The van der Waals surface area contributed by atoms with Crippen LogP contribution in [0, 0.1) is 5.82 Å². The first-order valence-corrected chi connectivity index (χ1v) is 8.94. The number of rotatable bonds is 3. The Morgan fingerprint density at radius 2 is 1.84 bits per heavy atom. The van der Waals surface area contributed by atoms with Gasteiger partial charge < -0.3 is 5.32 Å². The molecule has 1 aliphatic rings. The molecule has 3 aromatic heterocycles. The highest BCUT2D eigenvalue weighted by Gasteiger charge is 2.38. The van der Waals surface area contributed by atoms with Crippen molar-refractivity contribution in [3.63, 3.8) is 0 Å². The van der Waals surface area contributed by atoms with Crippen molar-refractivity contribution in [1.82, 2.24) is 34.8 Å². The summed E-state index contributed by atoms with van der Waals surface area (Å²) in [7, 11) is 1.12. The Morgan fingerprint density at radius 3 is 2.47 bits per heavy atom. The van der Waals surface area contributed by atoms with E-state index in [0.29, 0.717) is 29.1 Å². The molecule has 4 rings (SSSR count). The van der Waals surface area contributed by atoms with Gasteiger partial charge in [0, 0.05) is 19.2 Å². The molecule has 3 aromatic rings. The number of aryl methyl sites for hydroxylation is 2. The summed E-state index contributed by atoms with van der Waals surface area (Å²) in [5.74, 6) is -4.01. The van der Waals surface area contributed by atoms with Crippen LogP contribution in [0.25, 0.3) is 11.3 Å². The lowest BCUT2D eigenvalue weighted by atomic mass is 10.1. The third-order valence-corrected chi connectivity index (χ3v) is 4.74. The zero-order valence-corrected chi connectivity index (χ0v) is 16.0. The van der Waals surface area contributed by atoms with E-state index in [0.717, 1.165) is 7.05 Å². The zero-order valence-electron chi connectivity index (χ0n) is 16.0. The molecular formula is C17H12F7N7O. The molecule has 0 aliphatic carbocycles. The number of nitrogens with one attached hydrogen (secondary N) is 1. The molecule has 0 spiro atoms. The van der Waals surface area contributed by atoms with E-state index in [4.69, 9.17) is 0 Å². The molecule has 0 radical (unpaired) electrons. The molecule has 0 bridgehead atoms. The van der Waals surface area contributed by atoms with Crippen molar-refractivity contribution < 1.29 is 35.5 Å². The van der Waals surface area contributed by atoms with Crippen LogP contribution >= 0.6 is 0 Å². The van der Waals surface area contributed by atoms with Crippen LogP contribution in [0.15, 0.2) is 18.3 Å². The number of carbonyl (C=O) groups excluding carboxylic acids is 1. The molecule has 0 saturated heterocycles. The molecule has 1 N–H and O–H groups in total. The summed E-state index contributed by atoms with van der Waals surface area (Å²) in [5, 5.41) is 9.74. The summed E-state index contributed by atoms with van der Waals surface area (Å²) in [6.07, 6.45) is -8.87. The summed E-state index contributed by atoms with van der Waals surface area (Å²) < 4.78 is 93.2. The topological polar surface area (TPSA) is 90.5 Å². The monoisotopic (exact) mass is 463 g/mol. The van der Waals surface area contributed by atoms with Crippen LogP contribution in [0.1, 0.15) is 40.3 Å². The molecule has 15 heteroatoms. The van der Waals surface area contributed by atoms with E-state index in [1.807, 2.05) is 0 Å². The quantitative estimate of drug-likeness (QED) is 0.603. The van der Waals surface area contributed by atoms with Gasteiger partial charge in [0.25, 0.3) is 11.7 Å². The maximum absolute atomic E-state index is 14.1. The van der Waals surface area contributed by atoms with E-state index in [1.54, 1.807) is 0 Å². The van der Waals surface area contributed by atoms with Crippen molar-refractivity contribution in [1.29, 1.82) is 0 Å². The van der Waals surface area contributed by atoms with Gasteiger partial charge in [0.1, 0.15) is 5.69 Å². The van der Waals surface area contributed by atoms with E-state index < -0.39 is 53.0 Å². The van der Waals surface area contributed by atoms with E-state index in [2.05, 4.69) is 25.5 Å². The smallest absolute Gasteiger partial charge is 0.341 e. The number of halogens is 7. The van der Waals surface area contributed by atoms with Crippen LogP contribution in [-0.4, -0.2) is 35.4 Å². The standard InChI is InChI=1S/C17H12F7N7O/c1-30-13(27-15(29-30)17(22,23)24)14(32)26-9-2-3-31-11(9)5-10(28-31)7-4-12(16(19,20)21)25-6-8(7)18/h4-6,9H,2-3H2,1H3,(H,26,32). The van der Waals surface area contributed by atoms with Crippen molar-refractivity contribution in [2.24, 2.45) is 7.05 Å². The lowest BCUT2D eigenvalue weighted by Gasteiger charge is -2.11. The van der Waals surface area contributed by atoms with Crippen molar-refractivity contribution >= 4 is 5.91 Å². The van der Waals surface area contributed by atoms with Gasteiger partial charge in [-0.05, 0) is 18.6 Å². The number of aromatic nitrogens is 6. The minimum Gasteiger partial charge on any atom is -0.341 e. The van der Waals surface area contributed by atoms with Gasteiger partial charge in [-0.15, -0.1) is 5.10 Å². The Morgan fingerprint density at radius 1 is 1.12 bits per heavy atom. The third kappa shape index (κ3) is 3.89. The molecule has 170 valence electrons. The van der Waals surface area contributed by atoms with Gasteiger partial charge in [-0.25, -0.2) is 14.1 Å². The average molecular weight is 463 g/mol. The normalized spacial score (nSPS) is 16.3. The number of alkyl halides is 6. The Bertz CT molecular complexity index is 1200. The molecule has 0 fully saturated rings. The first-order valence-electron chi connectivity index (χ1n) is 8.94. The molecule has 4 heterocycles. The number of pyridine rings is 1. The van der Waals surface area contributed by atoms with Crippen molar-refractivity contribution in [2.45, 2.75) is 31.4 Å². The molecule has 0 saturated carbocycles. The highest BCUT2D eigenvalue weighted by atomic mass is 19.4. The highest BCUT2D eigenvalue weighted by Crippen LogP contribution is 2.34. The molecule has 32 heavy (non-hydrogen) atoms. The van der Waals surface area contributed by atoms with Gasteiger partial charge in [-0.1, -0.05) is 0 Å². The number of hydrogen-bond donors (Lipinski definition) is 1. The molecule has 1 atom stereocenters. The van der Waals surface area contributed by atoms with Crippen LogP contribution < -0.4 is 5.32 Å². The molecular weight excluding hydrogens is 451 g/mol. The van der Waals surface area contributed by atoms with Crippen LogP contribution in [-0.2, 0) is 25.9 Å². The second-order valence-electron chi connectivity index (χ2n) is 6.92. The van der Waals surface area contributed by atoms with Gasteiger partial charge >= 0.3 is 12.4 Å². The van der Waals surface area contributed by atoms with E-state index in [1.165, 1.54) is 10.7 Å². The molecule has 8 nitrogen and oxygen atoms in total. The first-order chi connectivity index (χ1) is 14.8. The second kappa shape index (κ2) is 7.27.